The Kier molecular flexibility index (Phi) is 11.3. The highest BCUT2D eigenvalue weighted by Gasteiger charge is 2.14. The fraction of sp³-hybridized carbons (Fsp3) is 0.500. The molecule has 1 amide bonds. The molecule has 3 rings (SSSR count). The Balaban J connectivity index is 1.57. The molecule has 1 aromatic carbocycles. The first-order chi connectivity index (χ1) is 17.9. The molecule has 37 heavy (non-hydrogen) atoms. The van der Waals surface area contributed by atoms with E-state index in [4.69, 9.17) is 9.47 Å². The predicted molar refractivity (Wildman–Crippen MR) is 151 cm³/mol. The van der Waals surface area contributed by atoms with Gasteiger partial charge >= 0.3 is 6.09 Å². The molecule has 2 heterocycles. The highest BCUT2D eigenvalue weighted by Crippen LogP contribution is 2.26. The van der Waals surface area contributed by atoms with E-state index in [0.29, 0.717) is 31.5 Å². The van der Waals surface area contributed by atoms with Crippen LogP contribution in [-0.4, -0.2) is 47.1 Å². The van der Waals surface area contributed by atoms with Gasteiger partial charge < -0.3 is 9.47 Å². The predicted octanol–water partition coefficient (Wildman–Crippen LogP) is 7.23. The molecule has 0 radical (unpaired) electrons. The lowest BCUT2D eigenvalue weighted by Crippen LogP contribution is -2.22. The summed E-state index contributed by atoms with van der Waals surface area (Å²) in [5.41, 5.74) is 3.37. The van der Waals surface area contributed by atoms with Crippen LogP contribution in [0.4, 0.5) is 10.5 Å². The Hall–Kier alpha value is -3.04. The Labute approximate surface area is 221 Å². The SMILES string of the molecule is CCCCCCCCOC(=O)Nc1cccc(-c2cncc(-c3ncnn3COCC[Si](C)(C)C)c2)c1. The van der Waals surface area contributed by atoms with Crippen LogP contribution in [0.2, 0.25) is 25.7 Å². The second-order valence-electron chi connectivity index (χ2n) is 10.5. The fourth-order valence-electron chi connectivity index (χ4n) is 3.81. The van der Waals surface area contributed by atoms with Crippen molar-refractivity contribution in [3.8, 4) is 22.5 Å². The van der Waals surface area contributed by atoms with E-state index < -0.39 is 14.2 Å². The van der Waals surface area contributed by atoms with Gasteiger partial charge in [0.05, 0.1) is 6.61 Å². The maximum Gasteiger partial charge on any atom is 0.411 e. The molecule has 0 bridgehead atoms. The molecular formula is C28H41N5O3Si. The number of hydrogen-bond donors (Lipinski definition) is 1. The van der Waals surface area contributed by atoms with Crippen LogP contribution >= 0.6 is 0 Å². The van der Waals surface area contributed by atoms with E-state index >= 15 is 0 Å². The van der Waals surface area contributed by atoms with E-state index in [2.05, 4.69) is 46.9 Å². The highest BCUT2D eigenvalue weighted by molar-refractivity contribution is 6.76. The third-order valence-electron chi connectivity index (χ3n) is 6.00. The molecular weight excluding hydrogens is 482 g/mol. The number of pyridine rings is 1. The lowest BCUT2D eigenvalue weighted by molar-refractivity contribution is 0.0796. The molecule has 0 aliphatic heterocycles. The number of nitrogens with one attached hydrogen (secondary N) is 1. The van der Waals surface area contributed by atoms with Crippen molar-refractivity contribution < 1.29 is 14.3 Å². The van der Waals surface area contributed by atoms with Gasteiger partial charge in [-0.25, -0.2) is 14.5 Å². The smallest absolute Gasteiger partial charge is 0.411 e. The molecule has 9 heteroatoms. The number of aromatic nitrogens is 4. The summed E-state index contributed by atoms with van der Waals surface area (Å²) >= 11 is 0. The number of amides is 1. The molecule has 0 spiro atoms. The first kappa shape index (κ1) is 28.5. The summed E-state index contributed by atoms with van der Waals surface area (Å²) in [6.45, 7) is 10.7. The number of hydrogen-bond acceptors (Lipinski definition) is 6. The van der Waals surface area contributed by atoms with Gasteiger partial charge in [0.2, 0.25) is 0 Å². The van der Waals surface area contributed by atoms with Gasteiger partial charge in [-0.3, -0.25) is 10.3 Å². The fourth-order valence-corrected chi connectivity index (χ4v) is 4.57. The number of ether oxygens (including phenoxy) is 2. The van der Waals surface area contributed by atoms with Crippen molar-refractivity contribution in [1.82, 2.24) is 19.7 Å². The van der Waals surface area contributed by atoms with Crippen LogP contribution in [0.15, 0.2) is 49.1 Å². The molecule has 0 saturated heterocycles. The summed E-state index contributed by atoms with van der Waals surface area (Å²) in [6, 6.07) is 10.8. The van der Waals surface area contributed by atoms with Crippen LogP contribution < -0.4 is 5.32 Å². The van der Waals surface area contributed by atoms with E-state index in [1.807, 2.05) is 30.3 Å². The van der Waals surface area contributed by atoms with Gasteiger partial charge in [-0.2, -0.15) is 5.10 Å². The minimum atomic E-state index is -1.15. The lowest BCUT2D eigenvalue weighted by atomic mass is 10.1. The maximum absolute atomic E-state index is 12.2. The summed E-state index contributed by atoms with van der Waals surface area (Å²) < 4.78 is 13.0. The minimum Gasteiger partial charge on any atom is -0.449 e. The third kappa shape index (κ3) is 10.1. The van der Waals surface area contributed by atoms with Crippen molar-refractivity contribution in [2.45, 2.75) is 77.9 Å². The van der Waals surface area contributed by atoms with Gasteiger partial charge in [-0.15, -0.1) is 0 Å². The minimum absolute atomic E-state index is 0.351. The van der Waals surface area contributed by atoms with Gasteiger partial charge in [0.25, 0.3) is 0 Å². The molecule has 0 atom stereocenters. The van der Waals surface area contributed by atoms with Gasteiger partial charge in [-0.1, -0.05) is 70.8 Å². The van der Waals surface area contributed by atoms with Crippen molar-refractivity contribution in [1.29, 1.82) is 0 Å². The van der Waals surface area contributed by atoms with Gasteiger partial charge in [0, 0.05) is 43.9 Å². The van der Waals surface area contributed by atoms with Crippen molar-refractivity contribution >= 4 is 19.9 Å². The topological polar surface area (TPSA) is 91.2 Å². The maximum atomic E-state index is 12.2. The quantitative estimate of drug-likeness (QED) is 0.167. The Morgan fingerprint density at radius 3 is 2.57 bits per heavy atom. The number of carbonyl (C=O) groups excluding carboxylic acids is 1. The van der Waals surface area contributed by atoms with Crippen molar-refractivity contribution in [3.63, 3.8) is 0 Å². The standard InChI is InChI=1S/C28H41N5O3Si/c1-5-6-7-8-9-10-14-36-28(34)32-26-13-11-12-23(18-26)24-17-25(20-29-19-24)27-30-21-31-33(27)22-35-15-16-37(2,3)4/h11-13,17-21H,5-10,14-16,22H2,1-4H3,(H,32,34). The average molecular weight is 524 g/mol. The average Bonchev–Trinajstić information content (AvgIpc) is 3.34. The summed E-state index contributed by atoms with van der Waals surface area (Å²) in [5, 5.41) is 7.16. The Bertz CT molecular complexity index is 1110. The summed E-state index contributed by atoms with van der Waals surface area (Å²) in [7, 11) is -1.15. The van der Waals surface area contributed by atoms with E-state index in [9.17, 15) is 4.79 Å². The zero-order valence-corrected chi connectivity index (χ0v) is 23.7. The molecule has 0 saturated carbocycles. The molecule has 8 nitrogen and oxygen atoms in total. The summed E-state index contributed by atoms with van der Waals surface area (Å²) in [6.07, 6.45) is 11.6. The van der Waals surface area contributed by atoms with Crippen LogP contribution in [0.1, 0.15) is 45.4 Å². The molecule has 3 aromatic rings. The number of anilines is 1. The first-order valence-corrected chi connectivity index (χ1v) is 17.0. The van der Waals surface area contributed by atoms with Crippen LogP contribution in [0.3, 0.4) is 0 Å². The molecule has 200 valence electrons. The number of nitrogens with zero attached hydrogens (tertiary/aromatic N) is 4. The zero-order valence-electron chi connectivity index (χ0n) is 22.7. The number of benzene rings is 1. The Morgan fingerprint density at radius 2 is 1.76 bits per heavy atom. The number of carbonyl (C=O) groups is 1. The number of rotatable bonds is 15. The Morgan fingerprint density at radius 1 is 0.973 bits per heavy atom. The van der Waals surface area contributed by atoms with Crippen LogP contribution in [0.5, 0.6) is 0 Å². The monoisotopic (exact) mass is 523 g/mol. The second kappa shape index (κ2) is 14.6. The zero-order chi connectivity index (χ0) is 26.5. The van der Waals surface area contributed by atoms with Gasteiger partial charge in [0.1, 0.15) is 13.1 Å². The van der Waals surface area contributed by atoms with Crippen LogP contribution in [0, 0.1) is 0 Å². The summed E-state index contributed by atoms with van der Waals surface area (Å²) in [5.74, 6) is 0.704. The van der Waals surface area contributed by atoms with Gasteiger partial charge in [0.15, 0.2) is 5.82 Å². The molecule has 0 fully saturated rings. The van der Waals surface area contributed by atoms with E-state index in [1.54, 1.807) is 17.1 Å². The molecule has 0 aliphatic rings. The molecule has 2 aromatic heterocycles. The van der Waals surface area contributed by atoms with Gasteiger partial charge in [-0.05, 0) is 36.2 Å². The highest BCUT2D eigenvalue weighted by atomic mass is 28.3. The first-order valence-electron chi connectivity index (χ1n) is 13.3. The van der Waals surface area contributed by atoms with E-state index in [0.717, 1.165) is 35.6 Å². The lowest BCUT2D eigenvalue weighted by Gasteiger charge is -2.15. The van der Waals surface area contributed by atoms with Crippen LogP contribution in [-0.2, 0) is 16.2 Å². The van der Waals surface area contributed by atoms with E-state index in [1.165, 1.54) is 32.0 Å². The van der Waals surface area contributed by atoms with Crippen LogP contribution in [0.25, 0.3) is 22.5 Å². The van der Waals surface area contributed by atoms with E-state index in [-0.39, 0.29) is 0 Å². The number of unbranched alkanes of at least 4 members (excludes halogenated alkanes) is 5. The van der Waals surface area contributed by atoms with Crippen molar-refractivity contribution in [2.75, 3.05) is 18.5 Å². The second-order valence-corrected chi connectivity index (χ2v) is 16.1. The van der Waals surface area contributed by atoms with Crippen molar-refractivity contribution in [2.24, 2.45) is 0 Å². The normalized spacial score (nSPS) is 11.5. The third-order valence-corrected chi connectivity index (χ3v) is 7.70. The summed E-state index contributed by atoms with van der Waals surface area (Å²) in [4.78, 5) is 21.1. The van der Waals surface area contributed by atoms with Crippen molar-refractivity contribution in [3.05, 3.63) is 49.1 Å². The largest absolute Gasteiger partial charge is 0.449 e. The molecule has 0 aliphatic carbocycles. The molecule has 1 N–H and O–H groups in total. The molecule has 0 unspecified atom stereocenters.